The Labute approximate surface area is 177 Å². The maximum atomic E-state index is 12.3. The normalized spacial score (nSPS) is 12.9. The van der Waals surface area contributed by atoms with E-state index in [1.165, 1.54) is 4.90 Å². The van der Waals surface area contributed by atoms with E-state index in [0.29, 0.717) is 24.1 Å². The summed E-state index contributed by atoms with van der Waals surface area (Å²) in [4.78, 5) is 41.8. The number of imide groups is 1. The first-order valence-corrected chi connectivity index (χ1v) is 10.8. The lowest BCUT2D eigenvalue weighted by Crippen LogP contribution is -2.30. The van der Waals surface area contributed by atoms with Gasteiger partial charge in [-0.2, -0.15) is 0 Å². The first-order chi connectivity index (χ1) is 14.7. The minimum atomic E-state index is -0.164. The molecule has 2 heterocycles. The highest BCUT2D eigenvalue weighted by atomic mass is 16.2. The van der Waals surface area contributed by atoms with Crippen molar-refractivity contribution >= 4 is 23.4 Å². The molecule has 0 unspecified atom stereocenters. The topological polar surface area (TPSA) is 79.4 Å². The van der Waals surface area contributed by atoms with E-state index in [1.807, 2.05) is 6.07 Å². The van der Waals surface area contributed by atoms with Crippen LogP contribution in [0.5, 0.6) is 0 Å². The predicted molar refractivity (Wildman–Crippen MR) is 116 cm³/mol. The summed E-state index contributed by atoms with van der Waals surface area (Å²) in [7, 11) is 0. The van der Waals surface area contributed by atoms with Crippen LogP contribution < -0.4 is 5.32 Å². The molecule has 158 valence electrons. The Balaban J connectivity index is 1.18. The molecule has 0 atom stereocenters. The minimum Gasteiger partial charge on any atom is -0.325 e. The molecule has 3 amide bonds. The zero-order chi connectivity index (χ0) is 21.2. The summed E-state index contributed by atoms with van der Waals surface area (Å²) < 4.78 is 0. The fourth-order valence-corrected chi connectivity index (χ4v) is 3.72. The van der Waals surface area contributed by atoms with Crippen LogP contribution in [0.4, 0.5) is 5.69 Å². The van der Waals surface area contributed by atoms with Gasteiger partial charge in [0.25, 0.3) is 11.8 Å². The number of hydrogen-bond donors (Lipinski definition) is 1. The van der Waals surface area contributed by atoms with E-state index in [2.05, 4.69) is 10.3 Å². The molecule has 3 rings (SSSR count). The number of carbonyl (C=O) groups is 3. The molecule has 6 heteroatoms. The molecule has 0 aliphatic carbocycles. The molecule has 0 saturated carbocycles. The maximum Gasteiger partial charge on any atom is 0.261 e. The Bertz CT molecular complexity index is 832. The second-order valence-corrected chi connectivity index (χ2v) is 7.68. The Morgan fingerprint density at radius 1 is 0.800 bits per heavy atom. The van der Waals surface area contributed by atoms with Crippen LogP contribution in [0, 0.1) is 0 Å². The molecule has 0 bridgehead atoms. The van der Waals surface area contributed by atoms with Gasteiger partial charge in [-0.3, -0.25) is 24.3 Å². The smallest absolute Gasteiger partial charge is 0.261 e. The summed E-state index contributed by atoms with van der Waals surface area (Å²) in [5.74, 6) is -0.289. The molecule has 1 aliphatic rings. The van der Waals surface area contributed by atoms with Gasteiger partial charge in [-0.05, 0) is 37.1 Å². The third kappa shape index (κ3) is 5.99. The number of aromatic nitrogens is 1. The van der Waals surface area contributed by atoms with Crippen LogP contribution in [0.3, 0.4) is 0 Å². The van der Waals surface area contributed by atoms with E-state index in [0.717, 1.165) is 57.1 Å². The Morgan fingerprint density at radius 2 is 1.40 bits per heavy atom. The number of pyridine rings is 1. The van der Waals surface area contributed by atoms with Gasteiger partial charge in [0.15, 0.2) is 0 Å². The quantitative estimate of drug-likeness (QED) is 0.404. The van der Waals surface area contributed by atoms with Crippen LogP contribution in [0.25, 0.3) is 0 Å². The van der Waals surface area contributed by atoms with Crippen molar-refractivity contribution in [3.8, 4) is 0 Å². The molecule has 1 aliphatic heterocycles. The first kappa shape index (κ1) is 21.7. The van der Waals surface area contributed by atoms with Crippen molar-refractivity contribution in [1.29, 1.82) is 0 Å². The number of nitrogens with zero attached hydrogens (tertiary/aromatic N) is 2. The number of rotatable bonds is 12. The van der Waals surface area contributed by atoms with E-state index in [9.17, 15) is 14.4 Å². The van der Waals surface area contributed by atoms with Gasteiger partial charge in [-0.1, -0.05) is 50.7 Å². The van der Waals surface area contributed by atoms with Gasteiger partial charge in [0, 0.05) is 19.2 Å². The van der Waals surface area contributed by atoms with E-state index in [1.54, 1.807) is 42.7 Å². The number of hydrogen-bond acceptors (Lipinski definition) is 4. The summed E-state index contributed by atoms with van der Waals surface area (Å²) in [6, 6.07) is 10.7. The molecular weight excluding hydrogens is 378 g/mol. The summed E-state index contributed by atoms with van der Waals surface area (Å²) >= 11 is 0. The SMILES string of the molecule is O=C(CCCCCCCCCCN1C(=O)c2ccccc2C1=O)Nc1cccnc1. The van der Waals surface area contributed by atoms with Crippen molar-refractivity contribution in [2.24, 2.45) is 0 Å². The van der Waals surface area contributed by atoms with Gasteiger partial charge in [-0.25, -0.2) is 0 Å². The molecule has 30 heavy (non-hydrogen) atoms. The lowest BCUT2D eigenvalue weighted by atomic mass is 10.1. The third-order valence-corrected chi connectivity index (χ3v) is 5.36. The van der Waals surface area contributed by atoms with Gasteiger partial charge >= 0.3 is 0 Å². The molecule has 2 aromatic rings. The van der Waals surface area contributed by atoms with Crippen molar-refractivity contribution in [2.75, 3.05) is 11.9 Å². The van der Waals surface area contributed by atoms with Crippen LogP contribution in [0.2, 0.25) is 0 Å². The van der Waals surface area contributed by atoms with Gasteiger partial charge in [0.2, 0.25) is 5.91 Å². The van der Waals surface area contributed by atoms with Gasteiger partial charge in [-0.15, -0.1) is 0 Å². The molecule has 0 fully saturated rings. The zero-order valence-electron chi connectivity index (χ0n) is 17.3. The van der Waals surface area contributed by atoms with Crippen molar-refractivity contribution in [3.63, 3.8) is 0 Å². The van der Waals surface area contributed by atoms with Crippen molar-refractivity contribution in [2.45, 2.75) is 57.8 Å². The number of anilines is 1. The van der Waals surface area contributed by atoms with E-state index < -0.39 is 0 Å². The van der Waals surface area contributed by atoms with E-state index in [-0.39, 0.29) is 17.7 Å². The average molecular weight is 408 g/mol. The predicted octanol–water partition coefficient (Wildman–Crippen LogP) is 4.83. The molecule has 1 aromatic heterocycles. The number of fused-ring (bicyclic) bond motifs is 1. The molecule has 0 saturated heterocycles. The van der Waals surface area contributed by atoms with Crippen LogP contribution in [0.15, 0.2) is 48.8 Å². The van der Waals surface area contributed by atoms with Crippen LogP contribution in [0.1, 0.15) is 78.5 Å². The van der Waals surface area contributed by atoms with Crippen LogP contribution >= 0.6 is 0 Å². The lowest BCUT2D eigenvalue weighted by Gasteiger charge is -2.13. The van der Waals surface area contributed by atoms with Gasteiger partial charge < -0.3 is 5.32 Å². The van der Waals surface area contributed by atoms with E-state index >= 15 is 0 Å². The number of amides is 3. The van der Waals surface area contributed by atoms with E-state index in [4.69, 9.17) is 0 Å². The Morgan fingerprint density at radius 3 is 2.00 bits per heavy atom. The highest BCUT2D eigenvalue weighted by molar-refractivity contribution is 6.21. The van der Waals surface area contributed by atoms with Crippen molar-refractivity contribution < 1.29 is 14.4 Å². The number of benzene rings is 1. The highest BCUT2D eigenvalue weighted by Gasteiger charge is 2.34. The van der Waals surface area contributed by atoms with Crippen LogP contribution in [-0.4, -0.2) is 34.2 Å². The molecule has 0 radical (unpaired) electrons. The zero-order valence-corrected chi connectivity index (χ0v) is 17.3. The second-order valence-electron chi connectivity index (χ2n) is 7.68. The van der Waals surface area contributed by atoms with Crippen molar-refractivity contribution in [1.82, 2.24) is 9.88 Å². The molecule has 1 aromatic carbocycles. The van der Waals surface area contributed by atoms with Gasteiger partial charge in [0.1, 0.15) is 0 Å². The summed E-state index contributed by atoms with van der Waals surface area (Å²) in [6.45, 7) is 0.498. The van der Waals surface area contributed by atoms with Gasteiger partial charge in [0.05, 0.1) is 23.0 Å². The van der Waals surface area contributed by atoms with Crippen LogP contribution in [-0.2, 0) is 4.79 Å². The first-order valence-electron chi connectivity index (χ1n) is 10.8. The number of carbonyl (C=O) groups excluding carboxylic acids is 3. The molecular formula is C24H29N3O3. The fraction of sp³-hybridized carbons (Fsp3) is 0.417. The molecule has 6 nitrogen and oxygen atoms in total. The fourth-order valence-electron chi connectivity index (χ4n) is 3.72. The monoisotopic (exact) mass is 407 g/mol. The Kier molecular flexibility index (Phi) is 8.12. The lowest BCUT2D eigenvalue weighted by molar-refractivity contribution is -0.116. The summed E-state index contributed by atoms with van der Waals surface area (Å²) in [6.07, 6.45) is 12.2. The number of nitrogens with one attached hydrogen (secondary N) is 1. The maximum absolute atomic E-state index is 12.3. The highest BCUT2D eigenvalue weighted by Crippen LogP contribution is 2.23. The molecule has 0 spiro atoms. The average Bonchev–Trinajstić information content (AvgIpc) is 3.00. The Hall–Kier alpha value is -3.02. The standard InChI is InChI=1S/C24H29N3O3/c28-22(26-19-12-11-16-25-18-19)15-7-5-3-1-2-4-6-10-17-27-23(29)20-13-8-9-14-21(20)24(27)30/h8-9,11-14,16,18H,1-7,10,15,17H2,(H,26,28). The minimum absolute atomic E-state index is 0.0381. The number of unbranched alkanes of at least 4 members (excludes halogenated alkanes) is 7. The molecule has 1 N–H and O–H groups in total. The largest absolute Gasteiger partial charge is 0.325 e. The van der Waals surface area contributed by atoms with Crippen molar-refractivity contribution in [3.05, 3.63) is 59.9 Å². The third-order valence-electron chi connectivity index (χ3n) is 5.36. The second kappa shape index (κ2) is 11.2. The summed E-state index contributed by atoms with van der Waals surface area (Å²) in [5, 5.41) is 2.85. The summed E-state index contributed by atoms with van der Waals surface area (Å²) in [5.41, 5.74) is 1.79.